The summed E-state index contributed by atoms with van der Waals surface area (Å²) in [5, 5.41) is 4.15. The van der Waals surface area contributed by atoms with Crippen LogP contribution in [0.1, 0.15) is 51.7 Å². The van der Waals surface area contributed by atoms with Gasteiger partial charge < -0.3 is 10.1 Å². The second kappa shape index (κ2) is 8.64. The third-order valence-corrected chi connectivity index (χ3v) is 6.19. The third-order valence-electron chi connectivity index (χ3n) is 4.88. The van der Waals surface area contributed by atoms with E-state index in [1.54, 1.807) is 7.11 Å². The SMILES string of the molecule is CCc1nc(C)c(C(=O)NCC(c2ccccc2OC)N2CCCC2)s1. The van der Waals surface area contributed by atoms with Crippen molar-refractivity contribution >= 4 is 17.2 Å². The van der Waals surface area contributed by atoms with Crippen LogP contribution < -0.4 is 10.1 Å². The number of hydrogen-bond donors (Lipinski definition) is 1. The summed E-state index contributed by atoms with van der Waals surface area (Å²) in [6.45, 7) is 6.64. The Morgan fingerprint density at radius 1 is 1.35 bits per heavy atom. The van der Waals surface area contributed by atoms with Crippen molar-refractivity contribution in [3.05, 3.63) is 45.4 Å². The molecule has 26 heavy (non-hydrogen) atoms. The normalized spacial score (nSPS) is 15.8. The number of aryl methyl sites for hydroxylation is 2. The second-order valence-electron chi connectivity index (χ2n) is 6.59. The van der Waals surface area contributed by atoms with E-state index in [1.807, 2.05) is 25.1 Å². The lowest BCUT2D eigenvalue weighted by Crippen LogP contribution is -2.37. The van der Waals surface area contributed by atoms with Crippen molar-refractivity contribution in [3.8, 4) is 5.75 Å². The predicted octanol–water partition coefficient (Wildman–Crippen LogP) is 3.59. The number of benzene rings is 1. The molecular formula is C20H27N3O2S. The maximum absolute atomic E-state index is 12.7. The van der Waals surface area contributed by atoms with Crippen molar-refractivity contribution < 1.29 is 9.53 Å². The van der Waals surface area contributed by atoms with Crippen LogP contribution >= 0.6 is 11.3 Å². The van der Waals surface area contributed by atoms with Gasteiger partial charge in [0.15, 0.2) is 0 Å². The summed E-state index contributed by atoms with van der Waals surface area (Å²) < 4.78 is 5.57. The zero-order valence-electron chi connectivity index (χ0n) is 15.7. The lowest BCUT2D eigenvalue weighted by atomic mass is 10.0. The standard InChI is InChI=1S/C20H27N3O2S/c1-4-18-22-14(2)19(26-18)20(24)21-13-16(23-11-7-8-12-23)15-9-5-6-10-17(15)25-3/h5-6,9-10,16H,4,7-8,11-13H2,1-3H3,(H,21,24). The molecular weight excluding hydrogens is 346 g/mol. The first-order chi connectivity index (χ1) is 12.6. The molecule has 1 amide bonds. The Hall–Kier alpha value is -1.92. The van der Waals surface area contributed by atoms with Crippen LogP contribution in [-0.4, -0.2) is 42.5 Å². The minimum atomic E-state index is -0.0289. The van der Waals surface area contributed by atoms with Crippen LogP contribution in [0.2, 0.25) is 0 Å². The topological polar surface area (TPSA) is 54.5 Å². The third kappa shape index (κ3) is 4.07. The number of nitrogens with zero attached hydrogens (tertiary/aromatic N) is 2. The van der Waals surface area contributed by atoms with E-state index in [-0.39, 0.29) is 11.9 Å². The fourth-order valence-electron chi connectivity index (χ4n) is 3.51. The number of rotatable bonds is 7. The highest BCUT2D eigenvalue weighted by atomic mass is 32.1. The van der Waals surface area contributed by atoms with Crippen LogP contribution in [0, 0.1) is 6.92 Å². The van der Waals surface area contributed by atoms with Gasteiger partial charge in [0.1, 0.15) is 10.6 Å². The molecule has 140 valence electrons. The minimum absolute atomic E-state index is 0.0289. The van der Waals surface area contributed by atoms with Gasteiger partial charge in [-0.2, -0.15) is 0 Å². The van der Waals surface area contributed by atoms with E-state index in [4.69, 9.17) is 4.74 Å². The van der Waals surface area contributed by atoms with E-state index in [1.165, 1.54) is 24.2 Å². The molecule has 0 aliphatic carbocycles. The molecule has 0 bridgehead atoms. The van der Waals surface area contributed by atoms with Crippen LogP contribution in [0.5, 0.6) is 5.75 Å². The first-order valence-corrected chi connectivity index (χ1v) is 10.1. The second-order valence-corrected chi connectivity index (χ2v) is 7.67. The molecule has 1 fully saturated rings. The number of para-hydroxylation sites is 1. The maximum atomic E-state index is 12.7. The van der Waals surface area contributed by atoms with Gasteiger partial charge in [-0.15, -0.1) is 11.3 Å². The fraction of sp³-hybridized carbons (Fsp3) is 0.500. The number of carbonyl (C=O) groups excluding carboxylic acids is 1. The highest BCUT2D eigenvalue weighted by Gasteiger charge is 2.27. The Labute approximate surface area is 159 Å². The van der Waals surface area contributed by atoms with Gasteiger partial charge in [-0.25, -0.2) is 4.98 Å². The van der Waals surface area contributed by atoms with Gasteiger partial charge in [-0.1, -0.05) is 25.1 Å². The first-order valence-electron chi connectivity index (χ1n) is 9.25. The number of aromatic nitrogens is 1. The summed E-state index contributed by atoms with van der Waals surface area (Å²) in [4.78, 5) is 20.3. The first kappa shape index (κ1) is 18.9. The summed E-state index contributed by atoms with van der Waals surface area (Å²) >= 11 is 1.49. The van der Waals surface area contributed by atoms with Crippen molar-refractivity contribution in [2.24, 2.45) is 0 Å². The predicted molar refractivity (Wildman–Crippen MR) is 105 cm³/mol. The molecule has 2 aromatic rings. The van der Waals surface area contributed by atoms with Gasteiger partial charge in [-0.3, -0.25) is 9.69 Å². The lowest BCUT2D eigenvalue weighted by molar-refractivity contribution is 0.0940. The molecule has 0 saturated carbocycles. The van der Waals surface area contributed by atoms with Gasteiger partial charge in [0.05, 0.1) is 23.9 Å². The Morgan fingerprint density at radius 3 is 2.73 bits per heavy atom. The molecule has 1 atom stereocenters. The average Bonchev–Trinajstić information content (AvgIpc) is 3.32. The Bertz CT molecular complexity index is 753. The van der Waals surface area contributed by atoms with Crippen LogP contribution in [0.4, 0.5) is 0 Å². The van der Waals surface area contributed by atoms with E-state index < -0.39 is 0 Å². The Morgan fingerprint density at radius 2 is 2.08 bits per heavy atom. The quantitative estimate of drug-likeness (QED) is 0.806. The van der Waals surface area contributed by atoms with Crippen LogP contribution in [0.15, 0.2) is 24.3 Å². The summed E-state index contributed by atoms with van der Waals surface area (Å²) in [6.07, 6.45) is 3.26. The van der Waals surface area contributed by atoms with Gasteiger partial charge >= 0.3 is 0 Å². The van der Waals surface area contributed by atoms with Crippen molar-refractivity contribution in [3.63, 3.8) is 0 Å². The van der Waals surface area contributed by atoms with E-state index in [0.29, 0.717) is 6.54 Å². The highest BCUT2D eigenvalue weighted by molar-refractivity contribution is 7.13. The summed E-state index contributed by atoms with van der Waals surface area (Å²) in [6, 6.07) is 8.22. The Balaban J connectivity index is 1.77. The number of carbonyl (C=O) groups is 1. The number of likely N-dealkylation sites (tertiary alicyclic amines) is 1. The minimum Gasteiger partial charge on any atom is -0.496 e. The molecule has 0 radical (unpaired) electrons. The number of amides is 1. The largest absolute Gasteiger partial charge is 0.496 e. The molecule has 1 aliphatic rings. The van der Waals surface area contributed by atoms with E-state index in [2.05, 4.69) is 28.2 Å². The molecule has 0 spiro atoms. The molecule has 1 N–H and O–H groups in total. The van der Waals surface area contributed by atoms with E-state index >= 15 is 0 Å². The van der Waals surface area contributed by atoms with Crippen LogP contribution in [-0.2, 0) is 6.42 Å². The number of ether oxygens (including phenoxy) is 1. The monoisotopic (exact) mass is 373 g/mol. The summed E-state index contributed by atoms with van der Waals surface area (Å²) in [5.74, 6) is 0.847. The zero-order valence-corrected chi connectivity index (χ0v) is 16.6. The number of nitrogens with one attached hydrogen (secondary N) is 1. The van der Waals surface area contributed by atoms with Crippen molar-refractivity contribution in [1.82, 2.24) is 15.2 Å². The molecule has 6 heteroatoms. The lowest BCUT2D eigenvalue weighted by Gasteiger charge is -2.29. The fourth-order valence-corrected chi connectivity index (χ4v) is 4.44. The van der Waals surface area contributed by atoms with Crippen molar-refractivity contribution in [2.75, 3.05) is 26.7 Å². The van der Waals surface area contributed by atoms with Crippen LogP contribution in [0.25, 0.3) is 0 Å². The van der Waals surface area contributed by atoms with Gasteiger partial charge in [0, 0.05) is 12.1 Å². The molecule has 1 unspecified atom stereocenters. The number of thiazole rings is 1. The molecule has 2 heterocycles. The number of methoxy groups -OCH3 is 1. The average molecular weight is 374 g/mol. The highest BCUT2D eigenvalue weighted by Crippen LogP contribution is 2.31. The molecule has 1 aliphatic heterocycles. The van der Waals surface area contributed by atoms with Gasteiger partial charge in [0.25, 0.3) is 5.91 Å². The van der Waals surface area contributed by atoms with E-state index in [9.17, 15) is 4.79 Å². The van der Waals surface area contributed by atoms with Gasteiger partial charge in [0.2, 0.25) is 0 Å². The molecule has 1 saturated heterocycles. The molecule has 1 aromatic heterocycles. The molecule has 3 rings (SSSR count). The smallest absolute Gasteiger partial charge is 0.263 e. The van der Waals surface area contributed by atoms with E-state index in [0.717, 1.165) is 46.4 Å². The molecule has 5 nitrogen and oxygen atoms in total. The maximum Gasteiger partial charge on any atom is 0.263 e. The zero-order chi connectivity index (χ0) is 18.5. The summed E-state index contributed by atoms with van der Waals surface area (Å²) in [5.41, 5.74) is 1.95. The van der Waals surface area contributed by atoms with Gasteiger partial charge in [-0.05, 0) is 45.3 Å². The van der Waals surface area contributed by atoms with Crippen molar-refractivity contribution in [2.45, 2.75) is 39.2 Å². The molecule has 1 aromatic carbocycles. The van der Waals surface area contributed by atoms with Crippen LogP contribution in [0.3, 0.4) is 0 Å². The summed E-state index contributed by atoms with van der Waals surface area (Å²) in [7, 11) is 1.70. The van der Waals surface area contributed by atoms with Crippen molar-refractivity contribution in [1.29, 1.82) is 0 Å². The number of hydrogen-bond acceptors (Lipinski definition) is 5. The Kier molecular flexibility index (Phi) is 6.27.